The molecule has 6 N–H and O–H groups in total. The fourth-order valence-electron chi connectivity index (χ4n) is 1.78. The second kappa shape index (κ2) is 8.23. The molecule has 0 heterocycles. The average Bonchev–Trinajstić information content (AvgIpc) is 2.44. The van der Waals surface area contributed by atoms with E-state index in [1.54, 1.807) is 31.4 Å². The standard InChI is InChI=1S/C14H22N4O3/c1-9(17-13(19)12(15)7-8-21-2)10-3-5-11(6-4-10)18-14(16)20/h3-6,9,12H,7-8,15H2,1-2H3,(H,17,19)(H3,16,18,20). The lowest BCUT2D eigenvalue weighted by Gasteiger charge is -2.18. The van der Waals surface area contributed by atoms with Crippen LogP contribution in [0.4, 0.5) is 10.5 Å². The van der Waals surface area contributed by atoms with E-state index in [0.29, 0.717) is 18.7 Å². The van der Waals surface area contributed by atoms with Crippen LogP contribution < -0.4 is 22.1 Å². The molecule has 1 rings (SSSR count). The van der Waals surface area contributed by atoms with Gasteiger partial charge in [0.05, 0.1) is 12.1 Å². The molecule has 7 heteroatoms. The molecule has 116 valence electrons. The third kappa shape index (κ3) is 5.80. The fourth-order valence-corrected chi connectivity index (χ4v) is 1.78. The quantitative estimate of drug-likeness (QED) is 0.592. The van der Waals surface area contributed by atoms with Crippen LogP contribution in [0, 0.1) is 0 Å². The van der Waals surface area contributed by atoms with Crippen LogP contribution in [0.1, 0.15) is 24.9 Å². The number of methoxy groups -OCH3 is 1. The van der Waals surface area contributed by atoms with E-state index < -0.39 is 12.1 Å². The third-order valence-corrected chi connectivity index (χ3v) is 3.01. The van der Waals surface area contributed by atoms with Gasteiger partial charge < -0.3 is 26.8 Å². The van der Waals surface area contributed by atoms with Crippen LogP contribution in [0.15, 0.2) is 24.3 Å². The minimum atomic E-state index is -0.617. The molecule has 0 saturated carbocycles. The van der Waals surface area contributed by atoms with Gasteiger partial charge in [-0.2, -0.15) is 0 Å². The maximum Gasteiger partial charge on any atom is 0.316 e. The van der Waals surface area contributed by atoms with Gasteiger partial charge in [0, 0.05) is 19.4 Å². The maximum absolute atomic E-state index is 11.9. The van der Waals surface area contributed by atoms with Gasteiger partial charge in [-0.1, -0.05) is 12.1 Å². The van der Waals surface area contributed by atoms with Crippen molar-refractivity contribution in [3.8, 4) is 0 Å². The number of amides is 3. The predicted molar refractivity (Wildman–Crippen MR) is 80.7 cm³/mol. The number of ether oxygens (including phenoxy) is 1. The SMILES string of the molecule is COCCC(N)C(=O)NC(C)c1ccc(NC(N)=O)cc1. The number of anilines is 1. The summed E-state index contributed by atoms with van der Waals surface area (Å²) in [6.45, 7) is 2.30. The molecule has 7 nitrogen and oxygen atoms in total. The van der Waals surface area contributed by atoms with E-state index in [9.17, 15) is 9.59 Å². The molecule has 0 aliphatic heterocycles. The van der Waals surface area contributed by atoms with Crippen LogP contribution in [0.2, 0.25) is 0 Å². The van der Waals surface area contributed by atoms with Crippen molar-refractivity contribution in [1.29, 1.82) is 0 Å². The molecule has 0 spiro atoms. The van der Waals surface area contributed by atoms with Crippen LogP contribution in [0.5, 0.6) is 0 Å². The van der Waals surface area contributed by atoms with E-state index in [1.165, 1.54) is 0 Å². The minimum Gasteiger partial charge on any atom is -0.385 e. The Morgan fingerprint density at radius 1 is 1.29 bits per heavy atom. The van der Waals surface area contributed by atoms with E-state index in [1.807, 2.05) is 6.92 Å². The van der Waals surface area contributed by atoms with E-state index in [4.69, 9.17) is 16.2 Å². The van der Waals surface area contributed by atoms with E-state index in [-0.39, 0.29) is 11.9 Å². The number of carbonyl (C=O) groups is 2. The Kier molecular flexibility index (Phi) is 6.64. The predicted octanol–water partition coefficient (Wildman–Crippen LogP) is 0.718. The summed E-state index contributed by atoms with van der Waals surface area (Å²) in [5.41, 5.74) is 12.3. The van der Waals surface area contributed by atoms with Gasteiger partial charge in [0.1, 0.15) is 0 Å². The molecule has 2 unspecified atom stereocenters. The number of carbonyl (C=O) groups excluding carboxylic acids is 2. The first-order valence-electron chi connectivity index (χ1n) is 6.65. The van der Waals surface area contributed by atoms with Crippen molar-refractivity contribution in [3.63, 3.8) is 0 Å². The molecule has 0 aromatic heterocycles. The van der Waals surface area contributed by atoms with Crippen molar-refractivity contribution >= 4 is 17.6 Å². The lowest BCUT2D eigenvalue weighted by molar-refractivity contribution is -0.123. The van der Waals surface area contributed by atoms with Gasteiger partial charge >= 0.3 is 6.03 Å². The minimum absolute atomic E-state index is 0.186. The molecule has 0 fully saturated rings. The summed E-state index contributed by atoms with van der Waals surface area (Å²) in [6, 6.07) is 5.64. The highest BCUT2D eigenvalue weighted by atomic mass is 16.5. The number of nitrogens with two attached hydrogens (primary N) is 2. The number of benzene rings is 1. The van der Waals surface area contributed by atoms with Crippen molar-refractivity contribution in [2.45, 2.75) is 25.4 Å². The van der Waals surface area contributed by atoms with Crippen LogP contribution >= 0.6 is 0 Å². The molecule has 3 amide bonds. The second-order valence-electron chi connectivity index (χ2n) is 4.73. The Hall–Kier alpha value is -2.12. The summed E-state index contributed by atoms with van der Waals surface area (Å²) in [6.07, 6.45) is 0.469. The Bertz CT molecular complexity index is 476. The molecular formula is C14H22N4O3. The first kappa shape index (κ1) is 16.9. The lowest BCUT2D eigenvalue weighted by Crippen LogP contribution is -2.42. The second-order valence-corrected chi connectivity index (χ2v) is 4.73. The van der Waals surface area contributed by atoms with Gasteiger partial charge in [-0.05, 0) is 31.0 Å². The zero-order valence-corrected chi connectivity index (χ0v) is 12.3. The number of rotatable bonds is 7. The monoisotopic (exact) mass is 294 g/mol. The highest BCUT2D eigenvalue weighted by Crippen LogP contribution is 2.16. The van der Waals surface area contributed by atoms with Crippen molar-refractivity contribution in [2.24, 2.45) is 11.5 Å². The molecule has 0 saturated heterocycles. The summed E-state index contributed by atoms with van der Waals surface area (Å²) in [7, 11) is 1.56. The van der Waals surface area contributed by atoms with Gasteiger partial charge in [0.2, 0.25) is 5.91 Å². The Morgan fingerprint density at radius 3 is 2.43 bits per heavy atom. The van der Waals surface area contributed by atoms with Gasteiger partial charge in [-0.15, -0.1) is 0 Å². The highest BCUT2D eigenvalue weighted by molar-refractivity contribution is 5.87. The van der Waals surface area contributed by atoms with Crippen LogP contribution in [0.3, 0.4) is 0 Å². The largest absolute Gasteiger partial charge is 0.385 e. The summed E-state index contributed by atoms with van der Waals surface area (Å²) in [5, 5.41) is 5.30. The van der Waals surface area contributed by atoms with Gasteiger partial charge in [0.25, 0.3) is 0 Å². The number of nitrogens with one attached hydrogen (secondary N) is 2. The Labute approximate surface area is 124 Å². The highest BCUT2D eigenvalue weighted by Gasteiger charge is 2.16. The topological polar surface area (TPSA) is 119 Å². The third-order valence-electron chi connectivity index (χ3n) is 3.01. The Morgan fingerprint density at radius 2 is 1.90 bits per heavy atom. The molecular weight excluding hydrogens is 272 g/mol. The van der Waals surface area contributed by atoms with Gasteiger partial charge in [-0.25, -0.2) is 4.79 Å². The normalized spacial score (nSPS) is 13.3. The molecule has 0 aliphatic rings. The number of hydrogen-bond donors (Lipinski definition) is 4. The van der Waals surface area contributed by atoms with Crippen molar-refractivity contribution in [3.05, 3.63) is 29.8 Å². The van der Waals surface area contributed by atoms with Crippen LogP contribution in [-0.4, -0.2) is 31.7 Å². The maximum atomic E-state index is 11.9. The molecule has 0 bridgehead atoms. The number of hydrogen-bond acceptors (Lipinski definition) is 4. The number of urea groups is 1. The lowest BCUT2D eigenvalue weighted by atomic mass is 10.1. The zero-order chi connectivity index (χ0) is 15.8. The first-order chi connectivity index (χ1) is 9.93. The summed E-state index contributed by atoms with van der Waals surface area (Å²) in [4.78, 5) is 22.6. The molecule has 21 heavy (non-hydrogen) atoms. The van der Waals surface area contributed by atoms with Crippen molar-refractivity contribution in [1.82, 2.24) is 5.32 Å². The average molecular weight is 294 g/mol. The summed E-state index contributed by atoms with van der Waals surface area (Å²) in [5.74, 6) is -0.223. The molecule has 0 radical (unpaired) electrons. The van der Waals surface area contributed by atoms with Gasteiger partial charge in [-0.3, -0.25) is 4.79 Å². The van der Waals surface area contributed by atoms with Gasteiger partial charge in [0.15, 0.2) is 0 Å². The summed E-state index contributed by atoms with van der Waals surface area (Å²) < 4.78 is 4.89. The number of primary amides is 1. The smallest absolute Gasteiger partial charge is 0.316 e. The molecule has 2 atom stereocenters. The van der Waals surface area contributed by atoms with Crippen molar-refractivity contribution < 1.29 is 14.3 Å². The van der Waals surface area contributed by atoms with Crippen LogP contribution in [0.25, 0.3) is 0 Å². The van der Waals surface area contributed by atoms with E-state index in [2.05, 4.69) is 10.6 Å². The fraction of sp³-hybridized carbons (Fsp3) is 0.429. The zero-order valence-electron chi connectivity index (χ0n) is 12.3. The first-order valence-corrected chi connectivity index (χ1v) is 6.65. The van der Waals surface area contributed by atoms with E-state index in [0.717, 1.165) is 5.56 Å². The van der Waals surface area contributed by atoms with Crippen LogP contribution in [-0.2, 0) is 9.53 Å². The molecule has 1 aromatic rings. The molecule has 1 aromatic carbocycles. The Balaban J connectivity index is 2.56. The molecule has 0 aliphatic carbocycles. The van der Waals surface area contributed by atoms with E-state index >= 15 is 0 Å². The van der Waals surface area contributed by atoms with Crippen molar-refractivity contribution in [2.75, 3.05) is 19.0 Å². The summed E-state index contributed by atoms with van der Waals surface area (Å²) >= 11 is 0.